The third-order valence-electron chi connectivity index (χ3n) is 3.57. The second-order valence-corrected chi connectivity index (χ2v) is 7.08. The first-order valence-corrected chi connectivity index (χ1v) is 7.67. The summed E-state index contributed by atoms with van der Waals surface area (Å²) in [4.78, 5) is 0. The van der Waals surface area contributed by atoms with Crippen LogP contribution in [0.3, 0.4) is 0 Å². The van der Waals surface area contributed by atoms with Crippen LogP contribution in [0.2, 0.25) is 0 Å². The Kier molecular flexibility index (Phi) is 3.79. The molecule has 1 atom stereocenters. The van der Waals surface area contributed by atoms with Crippen LogP contribution in [0.4, 0.5) is 0 Å². The molecule has 1 aliphatic heterocycles. The van der Waals surface area contributed by atoms with Crippen LogP contribution in [-0.2, 0) is 10.0 Å². The maximum atomic E-state index is 11.9. The first-order chi connectivity index (χ1) is 8.42. The number of piperidine rings is 1. The van der Waals surface area contributed by atoms with Crippen LogP contribution in [0, 0.1) is 5.41 Å². The Bertz CT molecular complexity index is 479. The number of hydrogen-bond acceptors (Lipinski definition) is 4. The third-order valence-corrected chi connectivity index (χ3v) is 4.88. The fraction of sp³-hybridized carbons (Fsp3) is 0.667. The largest absolute Gasteiger partial charge is 0.452 e. The lowest BCUT2D eigenvalue weighted by molar-refractivity contribution is 0.181. The van der Waals surface area contributed by atoms with Crippen molar-refractivity contribution in [2.75, 3.05) is 13.1 Å². The molecule has 1 aromatic rings. The smallest absolute Gasteiger partial charge is 0.273 e. The lowest BCUT2D eigenvalue weighted by Gasteiger charge is -2.39. The molecule has 1 aliphatic rings. The van der Waals surface area contributed by atoms with Crippen LogP contribution in [0.1, 0.15) is 26.7 Å². The zero-order chi connectivity index (χ0) is 13.2. The quantitative estimate of drug-likeness (QED) is 0.867. The monoisotopic (exact) mass is 272 g/mol. The maximum Gasteiger partial charge on any atom is 0.273 e. The Morgan fingerprint density at radius 3 is 2.94 bits per heavy atom. The molecule has 0 bridgehead atoms. The van der Waals surface area contributed by atoms with Crippen molar-refractivity contribution in [2.24, 2.45) is 5.41 Å². The molecule has 0 saturated carbocycles. The summed E-state index contributed by atoms with van der Waals surface area (Å²) in [5.41, 5.74) is 0.101. The molecule has 1 saturated heterocycles. The van der Waals surface area contributed by atoms with E-state index >= 15 is 0 Å². The molecule has 1 aromatic heterocycles. The minimum Gasteiger partial charge on any atom is -0.452 e. The first kappa shape index (κ1) is 13.6. The van der Waals surface area contributed by atoms with Crippen LogP contribution in [-0.4, -0.2) is 27.5 Å². The molecule has 0 amide bonds. The van der Waals surface area contributed by atoms with Crippen molar-refractivity contribution in [1.82, 2.24) is 10.0 Å². The van der Waals surface area contributed by atoms with Crippen molar-refractivity contribution in [3.63, 3.8) is 0 Å². The molecule has 1 fully saturated rings. The molecule has 6 heteroatoms. The van der Waals surface area contributed by atoms with E-state index < -0.39 is 10.0 Å². The Balaban J connectivity index is 1.99. The van der Waals surface area contributed by atoms with Crippen molar-refractivity contribution in [3.05, 3.63) is 18.4 Å². The SMILES string of the molecule is CC1(C)CCCNC1CNS(=O)(=O)c1ccco1. The average Bonchev–Trinajstić information content (AvgIpc) is 2.81. The molecule has 1 unspecified atom stereocenters. The maximum absolute atomic E-state index is 11.9. The van der Waals surface area contributed by atoms with E-state index in [1.54, 1.807) is 6.07 Å². The Morgan fingerprint density at radius 2 is 2.33 bits per heavy atom. The highest BCUT2D eigenvalue weighted by molar-refractivity contribution is 7.89. The van der Waals surface area contributed by atoms with Gasteiger partial charge in [-0.2, -0.15) is 0 Å². The molecule has 0 radical (unpaired) electrons. The standard InChI is InChI=1S/C12H20N2O3S/c1-12(2)6-4-7-13-10(12)9-14-18(15,16)11-5-3-8-17-11/h3,5,8,10,13-14H,4,6-7,9H2,1-2H3. The fourth-order valence-corrected chi connectivity index (χ4v) is 3.27. The van der Waals surface area contributed by atoms with Crippen molar-refractivity contribution >= 4 is 10.0 Å². The molecular formula is C12H20N2O3S. The van der Waals surface area contributed by atoms with E-state index in [2.05, 4.69) is 23.9 Å². The molecule has 18 heavy (non-hydrogen) atoms. The number of hydrogen-bond donors (Lipinski definition) is 2. The zero-order valence-electron chi connectivity index (χ0n) is 10.8. The van der Waals surface area contributed by atoms with E-state index in [-0.39, 0.29) is 16.5 Å². The highest BCUT2D eigenvalue weighted by atomic mass is 32.2. The Hall–Kier alpha value is -0.850. The van der Waals surface area contributed by atoms with E-state index in [1.165, 1.54) is 12.3 Å². The van der Waals surface area contributed by atoms with Crippen molar-refractivity contribution in [3.8, 4) is 0 Å². The van der Waals surface area contributed by atoms with Gasteiger partial charge in [0.25, 0.3) is 10.0 Å². The van der Waals surface area contributed by atoms with Gasteiger partial charge in [-0.1, -0.05) is 13.8 Å². The van der Waals surface area contributed by atoms with Gasteiger partial charge in [0.1, 0.15) is 0 Å². The van der Waals surface area contributed by atoms with Crippen LogP contribution in [0.25, 0.3) is 0 Å². The number of rotatable bonds is 4. The lowest BCUT2D eigenvalue weighted by Crippen LogP contribution is -2.52. The molecule has 2 heterocycles. The molecule has 2 N–H and O–H groups in total. The molecule has 5 nitrogen and oxygen atoms in total. The summed E-state index contributed by atoms with van der Waals surface area (Å²) in [6, 6.07) is 3.16. The minimum atomic E-state index is -3.52. The van der Waals surface area contributed by atoms with Crippen LogP contribution < -0.4 is 10.0 Å². The molecule has 0 aromatic carbocycles. The minimum absolute atomic E-state index is 0.0314. The highest BCUT2D eigenvalue weighted by Gasteiger charge is 2.33. The normalized spacial score (nSPS) is 24.0. The summed E-state index contributed by atoms with van der Waals surface area (Å²) in [6.07, 6.45) is 3.60. The van der Waals surface area contributed by atoms with Crippen molar-refractivity contribution < 1.29 is 12.8 Å². The summed E-state index contributed by atoms with van der Waals surface area (Å²) in [7, 11) is -3.52. The van der Waals surface area contributed by atoms with E-state index in [0.29, 0.717) is 6.54 Å². The topological polar surface area (TPSA) is 71.3 Å². The highest BCUT2D eigenvalue weighted by Crippen LogP contribution is 2.29. The van der Waals surface area contributed by atoms with Crippen LogP contribution in [0.5, 0.6) is 0 Å². The second kappa shape index (κ2) is 5.03. The summed E-state index contributed by atoms with van der Waals surface area (Å²) in [5.74, 6) is 0. The molecular weight excluding hydrogens is 252 g/mol. The number of furan rings is 1. The van der Waals surface area contributed by atoms with Gasteiger partial charge in [0.05, 0.1) is 6.26 Å². The van der Waals surface area contributed by atoms with Gasteiger partial charge in [0.15, 0.2) is 0 Å². The zero-order valence-corrected chi connectivity index (χ0v) is 11.6. The summed E-state index contributed by atoms with van der Waals surface area (Å²) in [5, 5.41) is 3.34. The van der Waals surface area contributed by atoms with Gasteiger partial charge >= 0.3 is 0 Å². The van der Waals surface area contributed by atoms with E-state index in [1.807, 2.05) is 0 Å². The van der Waals surface area contributed by atoms with Crippen molar-refractivity contribution in [1.29, 1.82) is 0 Å². The van der Waals surface area contributed by atoms with Gasteiger partial charge in [-0.3, -0.25) is 0 Å². The van der Waals surface area contributed by atoms with Crippen LogP contribution >= 0.6 is 0 Å². The Morgan fingerprint density at radius 1 is 1.56 bits per heavy atom. The van der Waals surface area contributed by atoms with E-state index in [0.717, 1.165) is 19.4 Å². The predicted molar refractivity (Wildman–Crippen MR) is 68.7 cm³/mol. The predicted octanol–water partition coefficient (Wildman–Crippen LogP) is 1.34. The molecule has 0 aliphatic carbocycles. The van der Waals surface area contributed by atoms with Gasteiger partial charge in [-0.25, -0.2) is 13.1 Å². The van der Waals surface area contributed by atoms with E-state index in [4.69, 9.17) is 4.42 Å². The van der Waals surface area contributed by atoms with Crippen LogP contribution in [0.15, 0.2) is 27.9 Å². The fourth-order valence-electron chi connectivity index (χ4n) is 2.30. The lowest BCUT2D eigenvalue weighted by atomic mass is 9.78. The first-order valence-electron chi connectivity index (χ1n) is 6.18. The molecule has 102 valence electrons. The molecule has 2 rings (SSSR count). The van der Waals surface area contributed by atoms with Gasteiger partial charge < -0.3 is 9.73 Å². The van der Waals surface area contributed by atoms with Gasteiger partial charge in [0, 0.05) is 12.6 Å². The third kappa shape index (κ3) is 2.93. The number of sulfonamides is 1. The van der Waals surface area contributed by atoms with Gasteiger partial charge in [0.2, 0.25) is 5.09 Å². The summed E-state index contributed by atoms with van der Waals surface area (Å²) >= 11 is 0. The molecule has 0 spiro atoms. The van der Waals surface area contributed by atoms with Gasteiger partial charge in [-0.15, -0.1) is 0 Å². The summed E-state index contributed by atoms with van der Waals surface area (Å²) in [6.45, 7) is 5.64. The Labute approximate surface area is 108 Å². The summed E-state index contributed by atoms with van der Waals surface area (Å²) < 4.78 is 31.4. The average molecular weight is 272 g/mol. The van der Waals surface area contributed by atoms with Gasteiger partial charge in [-0.05, 0) is 36.9 Å². The second-order valence-electron chi connectivity index (χ2n) is 5.38. The van der Waals surface area contributed by atoms with E-state index in [9.17, 15) is 8.42 Å². The van der Waals surface area contributed by atoms with Crippen molar-refractivity contribution in [2.45, 2.75) is 37.8 Å². The number of nitrogens with one attached hydrogen (secondary N) is 2.